The van der Waals surface area contributed by atoms with Crippen LogP contribution in [0.2, 0.25) is 0 Å². The van der Waals surface area contributed by atoms with Crippen molar-refractivity contribution in [3.05, 3.63) is 29.8 Å². The SMILES string of the molecule is CN1CCN(c2nc(Nc3ccc(CC4CN(CCO)CCN(CCO)CCN(CCO)CCN4CCO)cc3)nc(N3CCCCC3)n2)CC1. The molecule has 0 saturated carbocycles. The Labute approximate surface area is 304 Å². The molecular weight excluding hydrogens is 650 g/mol. The van der Waals surface area contributed by atoms with Gasteiger partial charge in [-0.2, -0.15) is 15.0 Å². The van der Waals surface area contributed by atoms with Crippen molar-refractivity contribution in [3.63, 3.8) is 0 Å². The molecule has 3 aliphatic heterocycles. The summed E-state index contributed by atoms with van der Waals surface area (Å²) in [5.41, 5.74) is 2.09. The van der Waals surface area contributed by atoms with Gasteiger partial charge in [-0.3, -0.25) is 19.6 Å². The fraction of sp³-hybridized carbons (Fsp3) is 0.750. The zero-order chi connectivity index (χ0) is 35.8. The minimum Gasteiger partial charge on any atom is -0.395 e. The molecule has 4 heterocycles. The molecule has 3 aliphatic rings. The third-order valence-corrected chi connectivity index (χ3v) is 10.5. The molecule has 1 unspecified atom stereocenters. The van der Waals surface area contributed by atoms with E-state index in [1.165, 1.54) is 12.0 Å². The number of aromatic nitrogens is 3. The van der Waals surface area contributed by atoms with E-state index in [2.05, 4.69) is 70.9 Å². The molecule has 2 aromatic rings. The van der Waals surface area contributed by atoms with Crippen molar-refractivity contribution in [2.45, 2.75) is 31.7 Å². The number of likely N-dealkylation sites (N-methyl/N-ethyl adjacent to an activating group) is 1. The number of nitrogens with zero attached hydrogens (tertiary/aromatic N) is 10. The molecule has 0 amide bonds. The number of benzene rings is 1. The second-order valence-corrected chi connectivity index (χ2v) is 14.2. The van der Waals surface area contributed by atoms with Gasteiger partial charge in [0.1, 0.15) is 0 Å². The van der Waals surface area contributed by atoms with E-state index in [9.17, 15) is 20.4 Å². The number of aliphatic hydroxyl groups is 4. The Morgan fingerprint density at radius 3 is 1.71 bits per heavy atom. The van der Waals surface area contributed by atoms with Gasteiger partial charge in [0.25, 0.3) is 0 Å². The van der Waals surface area contributed by atoms with Crippen molar-refractivity contribution in [3.8, 4) is 0 Å². The molecule has 3 saturated heterocycles. The third kappa shape index (κ3) is 12.4. The van der Waals surface area contributed by atoms with Gasteiger partial charge >= 0.3 is 0 Å². The van der Waals surface area contributed by atoms with Crippen LogP contribution in [0, 0.1) is 0 Å². The molecule has 0 radical (unpaired) electrons. The molecule has 286 valence electrons. The first kappa shape index (κ1) is 39.5. The van der Waals surface area contributed by atoms with Crippen LogP contribution < -0.4 is 15.1 Å². The highest BCUT2D eigenvalue weighted by atomic mass is 16.3. The van der Waals surface area contributed by atoms with E-state index < -0.39 is 0 Å². The Bertz CT molecular complexity index is 1260. The molecule has 1 aromatic heterocycles. The summed E-state index contributed by atoms with van der Waals surface area (Å²) in [6.45, 7) is 13.7. The summed E-state index contributed by atoms with van der Waals surface area (Å²) < 4.78 is 0. The number of hydrogen-bond acceptors (Lipinski definition) is 15. The first-order chi connectivity index (χ1) is 25.0. The monoisotopic (exact) mass is 714 g/mol. The van der Waals surface area contributed by atoms with Gasteiger partial charge in [0, 0.05) is 123 Å². The van der Waals surface area contributed by atoms with Crippen LogP contribution in [0.15, 0.2) is 24.3 Å². The summed E-state index contributed by atoms with van der Waals surface area (Å²) in [7, 11) is 2.15. The maximum atomic E-state index is 10.1. The number of β-amino-alcohol motifs (C(OH)–C–C–N with tert-alkyl or cyclic N) is 4. The number of piperidine rings is 1. The van der Waals surface area contributed by atoms with Gasteiger partial charge in [-0.1, -0.05) is 12.1 Å². The highest BCUT2D eigenvalue weighted by Crippen LogP contribution is 2.24. The molecule has 0 aliphatic carbocycles. The van der Waals surface area contributed by atoms with Crippen molar-refractivity contribution < 1.29 is 20.4 Å². The summed E-state index contributed by atoms with van der Waals surface area (Å²) in [6, 6.07) is 8.58. The Hall–Kier alpha value is -2.73. The van der Waals surface area contributed by atoms with Crippen LogP contribution in [0.4, 0.5) is 23.5 Å². The Balaban J connectivity index is 1.33. The molecule has 51 heavy (non-hydrogen) atoms. The van der Waals surface area contributed by atoms with Gasteiger partial charge in [0.15, 0.2) is 0 Å². The predicted octanol–water partition coefficient (Wildman–Crippen LogP) is -0.541. The Morgan fingerprint density at radius 2 is 1.12 bits per heavy atom. The zero-order valence-electron chi connectivity index (χ0n) is 30.8. The average Bonchev–Trinajstić information content (AvgIpc) is 3.14. The van der Waals surface area contributed by atoms with Crippen molar-refractivity contribution in [2.75, 3.05) is 160 Å². The zero-order valence-corrected chi connectivity index (χ0v) is 30.8. The van der Waals surface area contributed by atoms with Crippen molar-refractivity contribution in [1.29, 1.82) is 0 Å². The van der Waals surface area contributed by atoms with E-state index in [1.54, 1.807) is 0 Å². The van der Waals surface area contributed by atoms with Crippen LogP contribution in [-0.4, -0.2) is 211 Å². The number of piperazine rings is 1. The van der Waals surface area contributed by atoms with Gasteiger partial charge in [-0.05, 0) is 50.4 Å². The van der Waals surface area contributed by atoms with Crippen LogP contribution >= 0.6 is 0 Å². The fourth-order valence-electron chi connectivity index (χ4n) is 7.36. The number of rotatable bonds is 14. The molecule has 0 spiro atoms. The molecule has 5 rings (SSSR count). The fourth-order valence-corrected chi connectivity index (χ4v) is 7.36. The molecule has 15 nitrogen and oxygen atoms in total. The first-order valence-corrected chi connectivity index (χ1v) is 19.1. The number of aliphatic hydroxyl groups excluding tert-OH is 4. The maximum Gasteiger partial charge on any atom is 0.233 e. The summed E-state index contributed by atoms with van der Waals surface area (Å²) >= 11 is 0. The van der Waals surface area contributed by atoms with Crippen molar-refractivity contribution >= 4 is 23.5 Å². The van der Waals surface area contributed by atoms with E-state index in [4.69, 9.17) is 15.0 Å². The lowest BCUT2D eigenvalue weighted by molar-refractivity contribution is 0.0699. The minimum atomic E-state index is 0.0606. The highest BCUT2D eigenvalue weighted by Gasteiger charge is 2.25. The molecule has 15 heteroatoms. The summed E-state index contributed by atoms with van der Waals surface area (Å²) in [5, 5.41) is 43.0. The normalized spacial score (nSPS) is 21.8. The molecular formula is C36H63N11O4. The van der Waals surface area contributed by atoms with Crippen molar-refractivity contribution in [1.82, 2.24) is 39.5 Å². The summed E-state index contributed by atoms with van der Waals surface area (Å²) in [5.74, 6) is 2.03. The Morgan fingerprint density at radius 1 is 0.588 bits per heavy atom. The van der Waals surface area contributed by atoms with E-state index in [0.717, 1.165) is 122 Å². The van der Waals surface area contributed by atoms with Gasteiger partial charge in [-0.15, -0.1) is 0 Å². The van der Waals surface area contributed by atoms with Gasteiger partial charge in [0.2, 0.25) is 17.8 Å². The average molecular weight is 714 g/mol. The van der Waals surface area contributed by atoms with E-state index in [1.807, 2.05) is 0 Å². The highest BCUT2D eigenvalue weighted by molar-refractivity contribution is 5.57. The second kappa shape index (κ2) is 21.1. The van der Waals surface area contributed by atoms with E-state index >= 15 is 0 Å². The molecule has 1 atom stereocenters. The smallest absolute Gasteiger partial charge is 0.233 e. The number of nitrogens with one attached hydrogen (secondary N) is 1. The van der Waals surface area contributed by atoms with Gasteiger partial charge in [-0.25, -0.2) is 0 Å². The second-order valence-electron chi connectivity index (χ2n) is 14.2. The summed E-state index contributed by atoms with van der Waals surface area (Å²) in [6.07, 6.45) is 4.32. The number of hydrogen-bond donors (Lipinski definition) is 5. The molecule has 0 bridgehead atoms. The molecule has 3 fully saturated rings. The van der Waals surface area contributed by atoms with Crippen LogP contribution in [0.5, 0.6) is 0 Å². The van der Waals surface area contributed by atoms with Crippen LogP contribution in [-0.2, 0) is 6.42 Å². The molecule has 1 aromatic carbocycles. The first-order valence-electron chi connectivity index (χ1n) is 19.1. The minimum absolute atomic E-state index is 0.0606. The Kier molecular flexibility index (Phi) is 16.3. The maximum absolute atomic E-state index is 10.1. The lowest BCUT2D eigenvalue weighted by Crippen LogP contribution is -2.52. The predicted molar refractivity (Wildman–Crippen MR) is 202 cm³/mol. The topological polar surface area (TPSA) is 154 Å². The number of anilines is 4. The lowest BCUT2D eigenvalue weighted by Gasteiger charge is -2.38. The third-order valence-electron chi connectivity index (χ3n) is 10.5. The van der Waals surface area contributed by atoms with Crippen LogP contribution in [0.25, 0.3) is 0 Å². The summed E-state index contributed by atoms with van der Waals surface area (Å²) in [4.78, 5) is 30.8. The quantitative estimate of drug-likeness (QED) is 0.170. The largest absolute Gasteiger partial charge is 0.395 e. The van der Waals surface area contributed by atoms with E-state index in [0.29, 0.717) is 32.1 Å². The lowest BCUT2D eigenvalue weighted by atomic mass is 10.0. The van der Waals surface area contributed by atoms with Crippen LogP contribution in [0.3, 0.4) is 0 Å². The standard InChI is InChI=1S/C36H63N11O4/c1-41-11-18-47(19-12-41)36-39-34(38-35(40-36)46-9-3-2-4-10-46)37-32-7-5-31(6-8-32)29-33-30-44(23-27-50)16-15-42(21-25-48)13-14-43(22-26-49)17-20-45(33)24-28-51/h5-8,33,48-51H,2-4,9-30H2,1H3,(H,37,38,39,40). The van der Waals surface area contributed by atoms with Gasteiger partial charge in [0.05, 0.1) is 26.4 Å². The van der Waals surface area contributed by atoms with Crippen LogP contribution in [0.1, 0.15) is 24.8 Å². The molecule has 5 N–H and O–H groups in total. The van der Waals surface area contributed by atoms with Gasteiger partial charge < -0.3 is 40.4 Å². The van der Waals surface area contributed by atoms with Crippen molar-refractivity contribution in [2.24, 2.45) is 0 Å². The van der Waals surface area contributed by atoms with E-state index in [-0.39, 0.29) is 32.5 Å².